The van der Waals surface area contributed by atoms with Gasteiger partial charge in [0.2, 0.25) is 0 Å². The molecule has 0 saturated carbocycles. The Balaban J connectivity index is 3.58. The first kappa shape index (κ1) is 11.4. The fraction of sp³-hybridized carbons (Fsp3) is 0.875. The molecule has 0 aliphatic heterocycles. The quantitative estimate of drug-likeness (QED) is 0.539. The smallest absolute Gasteiger partial charge is 0.333 e. The number of hydrogen-bond acceptors (Lipinski definition) is 3. The molecular formula is C8H17NO3. The van der Waals surface area contributed by atoms with Crippen LogP contribution in [0, 0.1) is 0 Å². The maximum absolute atomic E-state index is 10.2. The highest BCUT2D eigenvalue weighted by atomic mass is 16.4. The van der Waals surface area contributed by atoms with Crippen LogP contribution in [0.4, 0.5) is 0 Å². The van der Waals surface area contributed by atoms with E-state index in [0.29, 0.717) is 6.04 Å². The van der Waals surface area contributed by atoms with Crippen LogP contribution in [0.2, 0.25) is 0 Å². The van der Waals surface area contributed by atoms with E-state index in [0.717, 1.165) is 12.8 Å². The predicted molar refractivity (Wildman–Crippen MR) is 46.0 cm³/mol. The van der Waals surface area contributed by atoms with Gasteiger partial charge in [-0.1, -0.05) is 13.8 Å². The van der Waals surface area contributed by atoms with Crippen molar-refractivity contribution in [3.8, 4) is 0 Å². The standard InChI is InChI=1S/C8H17NO3/c1-3-6(4-2)9-5-7(10)8(11)12/h6-7,9-10H,3-5H2,1-2H3,(H,11,12)/t7-/m1/s1. The Labute approximate surface area is 72.6 Å². The summed E-state index contributed by atoms with van der Waals surface area (Å²) in [5.74, 6) is -1.17. The van der Waals surface area contributed by atoms with Gasteiger partial charge in [-0.2, -0.15) is 0 Å². The van der Waals surface area contributed by atoms with Crippen LogP contribution in [0.5, 0.6) is 0 Å². The Morgan fingerprint density at radius 3 is 2.25 bits per heavy atom. The first-order valence-electron chi connectivity index (χ1n) is 4.26. The summed E-state index contributed by atoms with van der Waals surface area (Å²) in [6.45, 7) is 4.17. The number of carboxylic acids is 1. The number of hydrogen-bond donors (Lipinski definition) is 3. The zero-order chi connectivity index (χ0) is 9.56. The Morgan fingerprint density at radius 1 is 1.42 bits per heavy atom. The van der Waals surface area contributed by atoms with Crippen molar-refractivity contribution >= 4 is 5.97 Å². The average Bonchev–Trinajstić information content (AvgIpc) is 2.05. The Kier molecular flexibility index (Phi) is 5.66. The maximum atomic E-state index is 10.2. The monoisotopic (exact) mass is 175 g/mol. The van der Waals surface area contributed by atoms with Crippen LogP contribution < -0.4 is 5.32 Å². The van der Waals surface area contributed by atoms with Gasteiger partial charge in [-0.25, -0.2) is 4.79 Å². The number of aliphatic hydroxyl groups excluding tert-OH is 1. The van der Waals surface area contributed by atoms with Crippen LogP contribution in [0.3, 0.4) is 0 Å². The second-order valence-electron chi connectivity index (χ2n) is 2.78. The zero-order valence-corrected chi connectivity index (χ0v) is 7.58. The highest BCUT2D eigenvalue weighted by Crippen LogP contribution is 1.95. The van der Waals surface area contributed by atoms with Crippen molar-refractivity contribution in [2.45, 2.75) is 38.8 Å². The molecule has 1 atom stereocenters. The molecule has 4 nitrogen and oxygen atoms in total. The van der Waals surface area contributed by atoms with E-state index in [2.05, 4.69) is 5.32 Å². The average molecular weight is 175 g/mol. The Bertz CT molecular complexity index is 134. The highest BCUT2D eigenvalue weighted by molar-refractivity contribution is 5.72. The molecule has 12 heavy (non-hydrogen) atoms. The zero-order valence-electron chi connectivity index (χ0n) is 7.58. The minimum atomic E-state index is -1.29. The lowest BCUT2D eigenvalue weighted by molar-refractivity contribution is -0.146. The summed E-state index contributed by atoms with van der Waals surface area (Å²) in [6.07, 6.45) is 0.608. The molecule has 0 unspecified atom stereocenters. The van der Waals surface area contributed by atoms with Gasteiger partial charge in [0, 0.05) is 12.6 Å². The lowest BCUT2D eigenvalue weighted by Gasteiger charge is -2.15. The molecule has 0 amide bonds. The van der Waals surface area contributed by atoms with E-state index < -0.39 is 12.1 Å². The summed E-state index contributed by atoms with van der Waals surface area (Å²) in [7, 11) is 0. The van der Waals surface area contributed by atoms with Crippen LogP contribution >= 0.6 is 0 Å². The third kappa shape index (κ3) is 4.31. The van der Waals surface area contributed by atoms with E-state index in [1.165, 1.54) is 0 Å². The largest absolute Gasteiger partial charge is 0.479 e. The summed E-state index contributed by atoms with van der Waals surface area (Å²) in [5.41, 5.74) is 0. The third-order valence-electron chi connectivity index (χ3n) is 1.87. The molecule has 0 aromatic heterocycles. The molecule has 0 spiro atoms. The number of carbonyl (C=O) groups is 1. The van der Waals surface area contributed by atoms with E-state index in [4.69, 9.17) is 10.2 Å². The van der Waals surface area contributed by atoms with E-state index >= 15 is 0 Å². The van der Waals surface area contributed by atoms with Gasteiger partial charge in [0.1, 0.15) is 0 Å². The second kappa shape index (κ2) is 5.97. The molecule has 0 fully saturated rings. The number of carboxylic acid groups (broad SMARTS) is 1. The van der Waals surface area contributed by atoms with Crippen LogP contribution in [0.25, 0.3) is 0 Å². The fourth-order valence-electron chi connectivity index (χ4n) is 0.943. The molecule has 0 aromatic carbocycles. The Morgan fingerprint density at radius 2 is 1.92 bits per heavy atom. The molecule has 0 aliphatic carbocycles. The molecule has 0 saturated heterocycles. The molecule has 0 bridgehead atoms. The van der Waals surface area contributed by atoms with E-state index in [9.17, 15) is 4.79 Å². The number of rotatable bonds is 6. The van der Waals surface area contributed by atoms with Crippen molar-refractivity contribution < 1.29 is 15.0 Å². The molecule has 0 heterocycles. The van der Waals surface area contributed by atoms with Crippen LogP contribution in [0.15, 0.2) is 0 Å². The summed E-state index contributed by atoms with van der Waals surface area (Å²) >= 11 is 0. The molecule has 3 N–H and O–H groups in total. The van der Waals surface area contributed by atoms with Gasteiger partial charge in [-0.15, -0.1) is 0 Å². The molecule has 0 rings (SSSR count). The van der Waals surface area contributed by atoms with Gasteiger partial charge in [-0.05, 0) is 12.8 Å². The molecule has 72 valence electrons. The van der Waals surface area contributed by atoms with Crippen molar-refractivity contribution in [2.75, 3.05) is 6.54 Å². The summed E-state index contributed by atoms with van der Waals surface area (Å²) in [5, 5.41) is 20.2. The van der Waals surface area contributed by atoms with Crippen LogP contribution in [-0.2, 0) is 4.79 Å². The van der Waals surface area contributed by atoms with Crippen molar-refractivity contribution in [2.24, 2.45) is 0 Å². The Hall–Kier alpha value is -0.610. The maximum Gasteiger partial charge on any atom is 0.333 e. The second-order valence-corrected chi connectivity index (χ2v) is 2.78. The van der Waals surface area contributed by atoms with Gasteiger partial charge >= 0.3 is 5.97 Å². The van der Waals surface area contributed by atoms with Crippen molar-refractivity contribution in [1.82, 2.24) is 5.32 Å². The lowest BCUT2D eigenvalue weighted by atomic mass is 10.1. The van der Waals surface area contributed by atoms with Gasteiger partial charge in [0.25, 0.3) is 0 Å². The molecular weight excluding hydrogens is 158 g/mol. The molecule has 0 aromatic rings. The van der Waals surface area contributed by atoms with E-state index in [-0.39, 0.29) is 6.54 Å². The molecule has 4 heteroatoms. The first-order valence-corrected chi connectivity index (χ1v) is 4.26. The highest BCUT2D eigenvalue weighted by Gasteiger charge is 2.13. The van der Waals surface area contributed by atoms with E-state index in [1.807, 2.05) is 13.8 Å². The van der Waals surface area contributed by atoms with Gasteiger partial charge in [0.15, 0.2) is 6.10 Å². The number of aliphatic hydroxyl groups is 1. The lowest BCUT2D eigenvalue weighted by Crippen LogP contribution is -2.38. The van der Waals surface area contributed by atoms with Crippen LogP contribution in [0.1, 0.15) is 26.7 Å². The SMILES string of the molecule is CCC(CC)NC[C@@H](O)C(=O)O. The summed E-state index contributed by atoms with van der Waals surface area (Å²) in [6, 6.07) is 0.305. The van der Waals surface area contributed by atoms with Crippen molar-refractivity contribution in [3.63, 3.8) is 0 Å². The predicted octanol–water partition coefficient (Wildman–Crippen LogP) is 0.210. The minimum absolute atomic E-state index is 0.127. The number of nitrogens with one attached hydrogen (secondary N) is 1. The van der Waals surface area contributed by atoms with Crippen molar-refractivity contribution in [3.05, 3.63) is 0 Å². The normalized spacial score (nSPS) is 13.3. The van der Waals surface area contributed by atoms with Gasteiger partial charge < -0.3 is 15.5 Å². The van der Waals surface area contributed by atoms with E-state index in [1.54, 1.807) is 0 Å². The molecule has 0 radical (unpaired) electrons. The molecule has 0 aliphatic rings. The minimum Gasteiger partial charge on any atom is -0.479 e. The fourth-order valence-corrected chi connectivity index (χ4v) is 0.943. The third-order valence-corrected chi connectivity index (χ3v) is 1.87. The summed E-state index contributed by atoms with van der Waals surface area (Å²) < 4.78 is 0. The summed E-state index contributed by atoms with van der Waals surface area (Å²) in [4.78, 5) is 10.2. The topological polar surface area (TPSA) is 69.6 Å². The van der Waals surface area contributed by atoms with Gasteiger partial charge in [-0.3, -0.25) is 0 Å². The first-order chi connectivity index (χ1) is 5.61. The van der Waals surface area contributed by atoms with Crippen LogP contribution in [-0.4, -0.2) is 34.9 Å². The van der Waals surface area contributed by atoms with Crippen molar-refractivity contribution in [1.29, 1.82) is 0 Å². The van der Waals surface area contributed by atoms with Gasteiger partial charge in [0.05, 0.1) is 0 Å². The number of aliphatic carboxylic acids is 1.